The molecular weight excluding hydrogens is 159 g/mol. The van der Waals surface area contributed by atoms with Crippen molar-refractivity contribution in [3.8, 4) is 0 Å². The summed E-state index contributed by atoms with van der Waals surface area (Å²) in [7, 11) is 0. The molecule has 50 valence electrons. The highest BCUT2D eigenvalue weighted by Gasteiger charge is 2.03. The van der Waals surface area contributed by atoms with Gasteiger partial charge in [0.05, 0.1) is 18.1 Å². The van der Waals surface area contributed by atoms with Crippen LogP contribution in [0, 0.1) is 0 Å². The minimum absolute atomic E-state index is 0.399. The van der Waals surface area contributed by atoms with Crippen molar-refractivity contribution in [1.29, 1.82) is 0 Å². The van der Waals surface area contributed by atoms with Crippen molar-refractivity contribution in [1.82, 2.24) is 5.32 Å². The Labute approximate surface area is 63.6 Å². The van der Waals surface area contributed by atoms with Crippen LogP contribution in [0.25, 0.3) is 0 Å². The maximum absolute atomic E-state index is 5.62. The van der Waals surface area contributed by atoms with Gasteiger partial charge in [0.25, 0.3) is 0 Å². The van der Waals surface area contributed by atoms with Gasteiger partial charge in [0.1, 0.15) is 5.16 Å². The molecule has 1 aliphatic rings. The van der Waals surface area contributed by atoms with Crippen LogP contribution in [0.3, 0.4) is 0 Å². The zero-order valence-corrected chi connectivity index (χ0v) is 6.21. The van der Waals surface area contributed by atoms with E-state index < -0.39 is 0 Å². The van der Waals surface area contributed by atoms with E-state index in [9.17, 15) is 0 Å². The molecule has 0 aliphatic carbocycles. The Morgan fingerprint density at radius 3 is 3.00 bits per heavy atom. The van der Waals surface area contributed by atoms with Crippen molar-refractivity contribution in [2.45, 2.75) is 0 Å². The summed E-state index contributed by atoms with van der Waals surface area (Å²) in [5.74, 6) is 0.399. The van der Waals surface area contributed by atoms with Gasteiger partial charge in [0, 0.05) is 6.21 Å². The molecule has 1 rings (SSSR count). The summed E-state index contributed by atoms with van der Waals surface area (Å²) < 4.78 is 0. The number of nitrogens with zero attached hydrogens (tertiary/aromatic N) is 1. The molecular formula is C5H6Cl2N2. The van der Waals surface area contributed by atoms with E-state index in [1.807, 2.05) is 0 Å². The lowest BCUT2D eigenvalue weighted by Crippen LogP contribution is -2.20. The molecule has 9 heavy (non-hydrogen) atoms. The fourth-order valence-corrected chi connectivity index (χ4v) is 1.04. The highest BCUT2D eigenvalue weighted by molar-refractivity contribution is 6.31. The minimum Gasteiger partial charge on any atom is -0.380 e. The third-order valence-electron chi connectivity index (χ3n) is 0.994. The highest BCUT2D eigenvalue weighted by Crippen LogP contribution is 2.11. The molecule has 1 heterocycles. The predicted octanol–water partition coefficient (Wildman–Crippen LogP) is 1.31. The Balaban J connectivity index is 2.72. The first-order chi connectivity index (χ1) is 4.34. The Morgan fingerprint density at radius 1 is 1.78 bits per heavy atom. The SMILES string of the molecule is ClCC1=C(Cl)N=CCN1. The summed E-state index contributed by atoms with van der Waals surface area (Å²) in [5.41, 5.74) is 0.806. The average Bonchev–Trinajstić information content (AvgIpc) is 1.89. The summed E-state index contributed by atoms with van der Waals surface area (Å²) in [6, 6.07) is 0. The second kappa shape index (κ2) is 3.08. The van der Waals surface area contributed by atoms with E-state index >= 15 is 0 Å². The summed E-state index contributed by atoms with van der Waals surface area (Å²) >= 11 is 11.1. The Hall–Kier alpha value is -0.210. The standard InChI is InChI=1S/C5H6Cl2N2/c6-3-4-5(7)9-2-1-8-4/h2,8H,1,3H2. The fraction of sp³-hybridized carbons (Fsp3) is 0.400. The molecule has 0 fully saturated rings. The third kappa shape index (κ3) is 1.60. The van der Waals surface area contributed by atoms with Crippen LogP contribution in [-0.2, 0) is 0 Å². The number of hydrogen-bond donors (Lipinski definition) is 1. The van der Waals surface area contributed by atoms with E-state index in [1.54, 1.807) is 6.21 Å². The summed E-state index contributed by atoms with van der Waals surface area (Å²) in [4.78, 5) is 3.86. The number of halogens is 2. The van der Waals surface area contributed by atoms with Gasteiger partial charge in [0.15, 0.2) is 0 Å². The molecule has 0 amide bonds. The van der Waals surface area contributed by atoms with E-state index in [-0.39, 0.29) is 0 Å². The first-order valence-electron chi connectivity index (χ1n) is 2.55. The molecule has 4 heteroatoms. The maximum Gasteiger partial charge on any atom is 0.148 e. The van der Waals surface area contributed by atoms with Crippen molar-refractivity contribution in [3.63, 3.8) is 0 Å². The second-order valence-corrected chi connectivity index (χ2v) is 2.22. The smallest absolute Gasteiger partial charge is 0.148 e. The summed E-state index contributed by atoms with van der Waals surface area (Å²) in [5, 5.41) is 3.45. The normalized spacial score (nSPS) is 18.0. The zero-order chi connectivity index (χ0) is 6.69. The number of allylic oxidation sites excluding steroid dienone is 1. The molecule has 2 nitrogen and oxygen atoms in total. The molecule has 0 atom stereocenters. The van der Waals surface area contributed by atoms with Crippen molar-refractivity contribution in [3.05, 3.63) is 10.9 Å². The van der Waals surface area contributed by atoms with Gasteiger partial charge >= 0.3 is 0 Å². The largest absolute Gasteiger partial charge is 0.380 e. The van der Waals surface area contributed by atoms with Crippen LogP contribution in [0.4, 0.5) is 0 Å². The average molecular weight is 165 g/mol. The molecule has 0 aromatic rings. The summed E-state index contributed by atoms with van der Waals surface area (Å²) in [6.07, 6.45) is 1.71. The van der Waals surface area contributed by atoms with Gasteiger partial charge in [-0.15, -0.1) is 11.6 Å². The Bertz CT molecular complexity index is 162. The van der Waals surface area contributed by atoms with Gasteiger partial charge in [-0.05, 0) is 0 Å². The van der Waals surface area contributed by atoms with E-state index in [0.717, 1.165) is 12.2 Å². The maximum atomic E-state index is 5.62. The molecule has 0 saturated carbocycles. The monoisotopic (exact) mass is 164 g/mol. The van der Waals surface area contributed by atoms with Crippen LogP contribution in [0.2, 0.25) is 0 Å². The molecule has 0 radical (unpaired) electrons. The van der Waals surface area contributed by atoms with Gasteiger partial charge in [-0.2, -0.15) is 0 Å². The number of rotatable bonds is 1. The Morgan fingerprint density at radius 2 is 2.56 bits per heavy atom. The number of hydrogen-bond acceptors (Lipinski definition) is 2. The first kappa shape index (κ1) is 6.90. The number of nitrogens with one attached hydrogen (secondary N) is 1. The van der Waals surface area contributed by atoms with Crippen LogP contribution >= 0.6 is 23.2 Å². The first-order valence-corrected chi connectivity index (χ1v) is 3.47. The van der Waals surface area contributed by atoms with E-state index in [1.165, 1.54) is 0 Å². The van der Waals surface area contributed by atoms with Crippen LogP contribution in [0.5, 0.6) is 0 Å². The Kier molecular flexibility index (Phi) is 2.37. The van der Waals surface area contributed by atoms with Crippen LogP contribution < -0.4 is 5.32 Å². The quantitative estimate of drug-likeness (QED) is 0.459. The van der Waals surface area contributed by atoms with Crippen LogP contribution in [0.1, 0.15) is 0 Å². The van der Waals surface area contributed by atoms with Gasteiger partial charge in [-0.1, -0.05) is 11.6 Å². The topological polar surface area (TPSA) is 24.4 Å². The van der Waals surface area contributed by atoms with Crippen molar-refractivity contribution >= 4 is 29.4 Å². The number of aliphatic imine (C=N–C) groups is 1. The molecule has 0 unspecified atom stereocenters. The highest BCUT2D eigenvalue weighted by atomic mass is 35.5. The van der Waals surface area contributed by atoms with E-state index in [2.05, 4.69) is 10.3 Å². The van der Waals surface area contributed by atoms with Gasteiger partial charge < -0.3 is 5.32 Å². The van der Waals surface area contributed by atoms with Gasteiger partial charge in [-0.3, -0.25) is 0 Å². The van der Waals surface area contributed by atoms with Crippen molar-refractivity contribution in [2.75, 3.05) is 12.4 Å². The van der Waals surface area contributed by atoms with E-state index in [0.29, 0.717) is 11.0 Å². The summed E-state index contributed by atoms with van der Waals surface area (Å²) in [6.45, 7) is 0.721. The van der Waals surface area contributed by atoms with Crippen molar-refractivity contribution < 1.29 is 0 Å². The van der Waals surface area contributed by atoms with Gasteiger partial charge in [0.2, 0.25) is 0 Å². The molecule has 0 bridgehead atoms. The third-order valence-corrected chi connectivity index (χ3v) is 1.59. The lowest BCUT2D eigenvalue weighted by atomic mass is 10.4. The van der Waals surface area contributed by atoms with E-state index in [4.69, 9.17) is 23.2 Å². The molecule has 0 aromatic carbocycles. The minimum atomic E-state index is 0.399. The predicted molar refractivity (Wildman–Crippen MR) is 40.1 cm³/mol. The molecule has 0 aromatic heterocycles. The van der Waals surface area contributed by atoms with Gasteiger partial charge in [-0.25, -0.2) is 4.99 Å². The van der Waals surface area contributed by atoms with Crippen molar-refractivity contribution in [2.24, 2.45) is 4.99 Å². The lowest BCUT2D eigenvalue weighted by Gasteiger charge is -2.09. The molecule has 0 saturated heterocycles. The van der Waals surface area contributed by atoms with Crippen LogP contribution in [-0.4, -0.2) is 18.6 Å². The molecule has 1 aliphatic heterocycles. The molecule has 1 N–H and O–H groups in total. The second-order valence-electron chi connectivity index (χ2n) is 1.60. The number of alkyl halides is 1. The lowest BCUT2D eigenvalue weighted by molar-refractivity contribution is 0.909. The zero-order valence-electron chi connectivity index (χ0n) is 4.69. The molecule has 0 spiro atoms. The fourth-order valence-electron chi connectivity index (χ4n) is 0.548. The van der Waals surface area contributed by atoms with Crippen LogP contribution in [0.15, 0.2) is 15.8 Å².